The van der Waals surface area contributed by atoms with Crippen LogP contribution in [0.15, 0.2) is 10.5 Å². The molecule has 0 saturated carbocycles. The molecule has 1 unspecified atom stereocenters. The number of ether oxygens (including phenoxy) is 1. The van der Waals surface area contributed by atoms with Gasteiger partial charge < -0.3 is 14.3 Å². The smallest absolute Gasteiger partial charge is 0.372 e. The summed E-state index contributed by atoms with van der Waals surface area (Å²) in [5.41, 5.74) is 0.675. The fourth-order valence-electron chi connectivity index (χ4n) is 2.09. The van der Waals surface area contributed by atoms with E-state index in [2.05, 4.69) is 4.90 Å². The highest BCUT2D eigenvalue weighted by Gasteiger charge is 2.20. The molecular weight excluding hydrogens is 222 g/mol. The number of morpholine rings is 1. The number of carboxylic acid groups (broad SMARTS) is 1. The van der Waals surface area contributed by atoms with E-state index in [0.717, 1.165) is 13.1 Å². The van der Waals surface area contributed by atoms with Gasteiger partial charge >= 0.3 is 5.97 Å². The Bertz CT molecular complexity index is 413. The molecule has 5 nitrogen and oxygen atoms in total. The summed E-state index contributed by atoms with van der Waals surface area (Å²) in [4.78, 5) is 13.1. The van der Waals surface area contributed by atoms with E-state index < -0.39 is 5.97 Å². The summed E-state index contributed by atoms with van der Waals surface area (Å²) in [7, 11) is 0. The molecule has 0 spiro atoms. The van der Waals surface area contributed by atoms with Gasteiger partial charge in [-0.25, -0.2) is 4.79 Å². The molecule has 2 heterocycles. The molecule has 5 heteroatoms. The Morgan fingerprint density at radius 2 is 2.41 bits per heavy atom. The second kappa shape index (κ2) is 4.89. The molecule has 0 amide bonds. The highest BCUT2D eigenvalue weighted by Crippen LogP contribution is 2.17. The summed E-state index contributed by atoms with van der Waals surface area (Å²) in [6.07, 6.45) is 0.221. The second-order valence-electron chi connectivity index (χ2n) is 4.45. The first-order valence-electron chi connectivity index (χ1n) is 5.73. The maximum Gasteiger partial charge on any atom is 0.372 e. The van der Waals surface area contributed by atoms with Crippen LogP contribution in [0.2, 0.25) is 0 Å². The summed E-state index contributed by atoms with van der Waals surface area (Å²) < 4.78 is 10.8. The van der Waals surface area contributed by atoms with Crippen molar-refractivity contribution in [2.45, 2.75) is 26.5 Å². The van der Waals surface area contributed by atoms with Gasteiger partial charge in [0.1, 0.15) is 5.76 Å². The van der Waals surface area contributed by atoms with Crippen LogP contribution in [0.1, 0.15) is 28.8 Å². The van der Waals surface area contributed by atoms with Crippen molar-refractivity contribution in [3.63, 3.8) is 0 Å². The quantitative estimate of drug-likeness (QED) is 0.866. The van der Waals surface area contributed by atoms with E-state index in [1.165, 1.54) is 0 Å². The summed E-state index contributed by atoms with van der Waals surface area (Å²) in [5.74, 6) is -0.264. The van der Waals surface area contributed by atoms with Crippen molar-refractivity contribution in [1.29, 1.82) is 0 Å². The van der Waals surface area contributed by atoms with Crippen molar-refractivity contribution in [2.24, 2.45) is 0 Å². The molecule has 0 radical (unpaired) electrons. The normalized spacial score (nSPS) is 21.6. The number of hydrogen-bond donors (Lipinski definition) is 1. The van der Waals surface area contributed by atoms with Crippen LogP contribution in [-0.2, 0) is 11.3 Å². The zero-order valence-corrected chi connectivity index (χ0v) is 10.1. The van der Waals surface area contributed by atoms with Gasteiger partial charge in [0.2, 0.25) is 5.76 Å². The highest BCUT2D eigenvalue weighted by atomic mass is 16.5. The van der Waals surface area contributed by atoms with E-state index in [4.69, 9.17) is 14.3 Å². The second-order valence-corrected chi connectivity index (χ2v) is 4.45. The molecule has 94 valence electrons. The van der Waals surface area contributed by atoms with Crippen LogP contribution in [0.3, 0.4) is 0 Å². The molecule has 1 aromatic heterocycles. The van der Waals surface area contributed by atoms with Crippen LogP contribution in [0.25, 0.3) is 0 Å². The first-order valence-corrected chi connectivity index (χ1v) is 5.73. The molecule has 1 aliphatic heterocycles. The van der Waals surface area contributed by atoms with Gasteiger partial charge in [-0.1, -0.05) is 0 Å². The fraction of sp³-hybridized carbons (Fsp3) is 0.583. The lowest BCUT2D eigenvalue weighted by molar-refractivity contribution is -0.0232. The first kappa shape index (κ1) is 12.1. The van der Waals surface area contributed by atoms with Crippen molar-refractivity contribution in [2.75, 3.05) is 19.7 Å². The van der Waals surface area contributed by atoms with E-state index in [9.17, 15) is 4.79 Å². The molecular formula is C12H17NO4. The topological polar surface area (TPSA) is 62.9 Å². The summed E-state index contributed by atoms with van der Waals surface area (Å²) in [6, 6.07) is 1.80. The largest absolute Gasteiger partial charge is 0.475 e. The van der Waals surface area contributed by atoms with Gasteiger partial charge in [0.05, 0.1) is 19.3 Å². The van der Waals surface area contributed by atoms with Gasteiger partial charge in [0, 0.05) is 18.7 Å². The highest BCUT2D eigenvalue weighted by molar-refractivity contribution is 5.86. The Balaban J connectivity index is 2.03. The van der Waals surface area contributed by atoms with E-state index in [-0.39, 0.29) is 11.9 Å². The van der Waals surface area contributed by atoms with Gasteiger partial charge in [0.15, 0.2) is 0 Å². The number of carbonyl (C=O) groups is 1. The van der Waals surface area contributed by atoms with Crippen molar-refractivity contribution < 1.29 is 19.1 Å². The lowest BCUT2D eigenvalue weighted by atomic mass is 10.2. The van der Waals surface area contributed by atoms with Crippen LogP contribution in [0.5, 0.6) is 0 Å². The van der Waals surface area contributed by atoms with E-state index >= 15 is 0 Å². The average Bonchev–Trinajstić information content (AvgIpc) is 2.59. The third-order valence-electron chi connectivity index (χ3n) is 2.87. The maximum atomic E-state index is 10.9. The Kier molecular flexibility index (Phi) is 3.49. The molecule has 1 aliphatic rings. The lowest BCUT2D eigenvalue weighted by Crippen LogP contribution is -2.40. The predicted octanol–water partition coefficient (Wildman–Crippen LogP) is 1.51. The van der Waals surface area contributed by atoms with Gasteiger partial charge in [0.25, 0.3) is 0 Å². The number of nitrogens with zero attached hydrogens (tertiary/aromatic N) is 1. The third kappa shape index (κ3) is 2.87. The monoisotopic (exact) mass is 239 g/mol. The number of carboxylic acids is 1. The van der Waals surface area contributed by atoms with E-state index in [1.807, 2.05) is 6.92 Å². The third-order valence-corrected chi connectivity index (χ3v) is 2.87. The number of furan rings is 1. The number of aryl methyl sites for hydroxylation is 1. The molecule has 0 aliphatic carbocycles. The summed E-state index contributed by atoms with van der Waals surface area (Å²) in [5, 5.41) is 8.90. The zero-order valence-electron chi connectivity index (χ0n) is 10.1. The van der Waals surface area contributed by atoms with Crippen LogP contribution >= 0.6 is 0 Å². The first-order chi connectivity index (χ1) is 8.06. The van der Waals surface area contributed by atoms with Crippen LogP contribution < -0.4 is 0 Å². The van der Waals surface area contributed by atoms with Crippen LogP contribution in [-0.4, -0.2) is 41.8 Å². The zero-order chi connectivity index (χ0) is 12.4. The van der Waals surface area contributed by atoms with Crippen molar-refractivity contribution in [3.8, 4) is 0 Å². The van der Waals surface area contributed by atoms with Crippen LogP contribution in [0, 0.1) is 6.92 Å². The van der Waals surface area contributed by atoms with Crippen LogP contribution in [0.4, 0.5) is 0 Å². The molecule has 1 fully saturated rings. The van der Waals surface area contributed by atoms with E-state index in [0.29, 0.717) is 24.5 Å². The molecule has 1 saturated heterocycles. The number of aromatic carboxylic acids is 1. The van der Waals surface area contributed by atoms with Crippen molar-refractivity contribution >= 4 is 5.97 Å². The summed E-state index contributed by atoms with van der Waals surface area (Å²) in [6.45, 7) is 6.84. The van der Waals surface area contributed by atoms with Crippen molar-refractivity contribution in [1.82, 2.24) is 4.90 Å². The minimum Gasteiger partial charge on any atom is -0.475 e. The molecule has 1 atom stereocenters. The lowest BCUT2D eigenvalue weighted by Gasteiger charge is -2.30. The SMILES string of the molecule is Cc1cc(CN2CCOC(C)C2)oc1C(=O)O. The fourth-order valence-corrected chi connectivity index (χ4v) is 2.09. The molecule has 0 bridgehead atoms. The van der Waals surface area contributed by atoms with Gasteiger partial charge in [-0.3, -0.25) is 4.90 Å². The Morgan fingerprint density at radius 3 is 3.00 bits per heavy atom. The standard InChI is InChI=1S/C12H17NO4/c1-8-5-10(17-11(8)12(14)15)7-13-3-4-16-9(2)6-13/h5,9H,3-4,6-7H2,1-2H3,(H,14,15). The minimum absolute atomic E-state index is 0.0429. The summed E-state index contributed by atoms with van der Waals surface area (Å²) >= 11 is 0. The molecule has 2 rings (SSSR count). The maximum absolute atomic E-state index is 10.9. The average molecular weight is 239 g/mol. The Hall–Kier alpha value is -1.33. The Morgan fingerprint density at radius 1 is 1.65 bits per heavy atom. The number of rotatable bonds is 3. The molecule has 1 aromatic rings. The predicted molar refractivity (Wildman–Crippen MR) is 61.1 cm³/mol. The van der Waals surface area contributed by atoms with E-state index in [1.54, 1.807) is 13.0 Å². The molecule has 0 aromatic carbocycles. The van der Waals surface area contributed by atoms with Crippen molar-refractivity contribution in [3.05, 3.63) is 23.2 Å². The minimum atomic E-state index is -1.01. The van der Waals surface area contributed by atoms with Gasteiger partial charge in [-0.05, 0) is 19.9 Å². The number of hydrogen-bond acceptors (Lipinski definition) is 4. The Labute approximate surface area is 100.0 Å². The van der Waals surface area contributed by atoms with Gasteiger partial charge in [-0.2, -0.15) is 0 Å². The molecule has 1 N–H and O–H groups in total. The van der Waals surface area contributed by atoms with Gasteiger partial charge in [-0.15, -0.1) is 0 Å². The molecule has 17 heavy (non-hydrogen) atoms.